The third-order valence-electron chi connectivity index (χ3n) is 7.37. The molecule has 2 atom stereocenters. The van der Waals surface area contributed by atoms with Gasteiger partial charge in [0.1, 0.15) is 23.9 Å². The van der Waals surface area contributed by atoms with E-state index in [-0.39, 0.29) is 19.5 Å². The maximum absolute atomic E-state index is 10.4. The first-order chi connectivity index (χ1) is 25.8. The normalized spacial score (nSPS) is 11.9. The standard InChI is InChI=1S/2C15H16N6.2C2HF3O.CH4/c2*1-2-3-12(4-6-16)21-9-11(8-20-21)14-13-5-7-17-15(13)19-10-18-14;2*3-2(4,5)1-6;/h2*5,7-10,12H,2-4H2,1H3,(H,17,18,19);2*1H;1H4/t2*12-;;;/m10.../s1. The highest BCUT2D eigenvalue weighted by Gasteiger charge is 2.25. The van der Waals surface area contributed by atoms with Gasteiger partial charge in [-0.2, -0.15) is 47.1 Å². The molecule has 6 rings (SSSR count). The van der Waals surface area contributed by atoms with Gasteiger partial charge in [-0.25, -0.2) is 19.9 Å². The van der Waals surface area contributed by atoms with Gasteiger partial charge in [0.15, 0.2) is 0 Å². The summed E-state index contributed by atoms with van der Waals surface area (Å²) in [7, 11) is 0. The SMILES string of the molecule is C.CCC[C@@H](CC#N)n1cc(-c2ncnc3[nH]ccc23)cn1.CCC[C@H](CC#N)n1cc(-c2ncnc3[nH]ccc23)cn1.O=CC(F)(F)F.O=CC(F)(F)F. The fourth-order valence-corrected chi connectivity index (χ4v) is 5.06. The highest BCUT2D eigenvalue weighted by atomic mass is 19.4. The van der Waals surface area contributed by atoms with Crippen LogP contribution in [0.2, 0.25) is 0 Å². The maximum atomic E-state index is 10.4. The predicted octanol–water partition coefficient (Wildman–Crippen LogP) is 8.28. The average molecular weight is 773 g/mol. The number of aromatic nitrogens is 10. The number of H-pyrrole nitrogens is 2. The molecule has 14 nitrogen and oxygen atoms in total. The molecule has 0 aliphatic carbocycles. The Balaban J connectivity index is 0.000000291. The Labute approximate surface area is 311 Å². The quantitative estimate of drug-likeness (QED) is 0.101. The molecule has 0 radical (unpaired) electrons. The largest absolute Gasteiger partial charge is 0.446 e. The lowest BCUT2D eigenvalue weighted by molar-refractivity contribution is -0.156. The molecule has 0 aliphatic heterocycles. The molecule has 6 aromatic rings. The van der Waals surface area contributed by atoms with Crippen molar-refractivity contribution < 1.29 is 35.9 Å². The minimum atomic E-state index is -4.64. The van der Waals surface area contributed by atoms with Crippen molar-refractivity contribution in [1.82, 2.24) is 49.5 Å². The van der Waals surface area contributed by atoms with Gasteiger partial charge in [-0.15, -0.1) is 0 Å². The summed E-state index contributed by atoms with van der Waals surface area (Å²) in [4.78, 5) is 40.7. The summed E-state index contributed by atoms with van der Waals surface area (Å²) in [6, 6.07) is 8.63. The third kappa shape index (κ3) is 13.5. The molecule has 0 fully saturated rings. The minimum Gasteiger partial charge on any atom is -0.346 e. The van der Waals surface area contributed by atoms with Gasteiger partial charge in [-0.1, -0.05) is 34.1 Å². The van der Waals surface area contributed by atoms with E-state index in [1.54, 1.807) is 25.0 Å². The molecule has 0 aliphatic rings. The minimum absolute atomic E-state index is 0. The molecule has 6 heterocycles. The van der Waals surface area contributed by atoms with E-state index in [1.807, 2.05) is 46.3 Å². The summed E-state index contributed by atoms with van der Waals surface area (Å²) in [6.07, 6.45) is 7.80. The number of alkyl halides is 6. The van der Waals surface area contributed by atoms with Crippen LogP contribution < -0.4 is 0 Å². The second-order valence-electron chi connectivity index (χ2n) is 11.3. The molecule has 0 saturated carbocycles. The number of aldehydes is 2. The van der Waals surface area contributed by atoms with E-state index >= 15 is 0 Å². The van der Waals surface area contributed by atoms with Crippen LogP contribution in [-0.2, 0) is 9.59 Å². The maximum Gasteiger partial charge on any atom is 0.446 e. The Bertz CT molecular complexity index is 2000. The van der Waals surface area contributed by atoms with E-state index in [1.165, 1.54) is 0 Å². The first-order valence-corrected chi connectivity index (χ1v) is 16.2. The smallest absolute Gasteiger partial charge is 0.346 e. The van der Waals surface area contributed by atoms with Crippen LogP contribution in [0, 0.1) is 22.7 Å². The van der Waals surface area contributed by atoms with Gasteiger partial charge < -0.3 is 9.97 Å². The molecule has 292 valence electrons. The van der Waals surface area contributed by atoms with Crippen molar-refractivity contribution in [2.24, 2.45) is 0 Å². The number of halogens is 6. The van der Waals surface area contributed by atoms with Crippen LogP contribution in [0.25, 0.3) is 44.6 Å². The topological polar surface area (TPSA) is 200 Å². The fourth-order valence-electron chi connectivity index (χ4n) is 5.06. The number of nitrogens with zero attached hydrogens (tertiary/aromatic N) is 10. The molecule has 0 unspecified atom stereocenters. The lowest BCUT2D eigenvalue weighted by atomic mass is 10.1. The number of aromatic amines is 2. The summed E-state index contributed by atoms with van der Waals surface area (Å²) in [6.45, 7) is 4.23. The Morgan fingerprint density at radius 2 is 1.07 bits per heavy atom. The second-order valence-corrected chi connectivity index (χ2v) is 11.3. The average Bonchev–Trinajstić information content (AvgIpc) is 3.98. The van der Waals surface area contributed by atoms with Gasteiger partial charge in [0, 0.05) is 46.7 Å². The predicted molar refractivity (Wildman–Crippen MR) is 190 cm³/mol. The van der Waals surface area contributed by atoms with Crippen LogP contribution in [0.1, 0.15) is 71.9 Å². The Morgan fingerprint density at radius 3 is 1.38 bits per heavy atom. The zero-order chi connectivity index (χ0) is 39.7. The molecule has 0 spiro atoms. The van der Waals surface area contributed by atoms with Crippen molar-refractivity contribution in [3.8, 4) is 34.7 Å². The number of nitrogens with one attached hydrogen (secondary N) is 2. The number of carbonyl (C=O) groups excluding carboxylic acids is 2. The van der Waals surface area contributed by atoms with Crippen molar-refractivity contribution in [2.45, 2.75) is 84.2 Å². The fraction of sp³-hybridized carbons (Fsp3) is 0.371. The zero-order valence-corrected chi connectivity index (χ0v) is 28.9. The van der Waals surface area contributed by atoms with Crippen molar-refractivity contribution in [3.63, 3.8) is 0 Å². The summed E-state index contributed by atoms with van der Waals surface area (Å²) < 4.78 is 66.3. The zero-order valence-electron chi connectivity index (χ0n) is 28.9. The van der Waals surface area contributed by atoms with E-state index in [0.717, 1.165) is 70.3 Å². The Kier molecular flexibility index (Phi) is 17.3. The van der Waals surface area contributed by atoms with Crippen LogP contribution in [-0.4, -0.2) is 74.4 Å². The van der Waals surface area contributed by atoms with E-state index in [4.69, 9.17) is 20.1 Å². The van der Waals surface area contributed by atoms with E-state index < -0.39 is 24.9 Å². The molecule has 0 saturated heterocycles. The van der Waals surface area contributed by atoms with Crippen LogP contribution in [0.3, 0.4) is 0 Å². The molecule has 2 N–H and O–H groups in total. The Hall–Kier alpha value is -6.44. The monoisotopic (exact) mass is 772 g/mol. The van der Waals surface area contributed by atoms with Crippen molar-refractivity contribution in [2.75, 3.05) is 0 Å². The van der Waals surface area contributed by atoms with E-state index in [9.17, 15) is 26.3 Å². The van der Waals surface area contributed by atoms with Crippen molar-refractivity contribution >= 4 is 34.6 Å². The second kappa shape index (κ2) is 21.3. The van der Waals surface area contributed by atoms with Gasteiger partial charge >= 0.3 is 12.4 Å². The first kappa shape index (κ1) is 44.7. The molecule has 0 amide bonds. The lowest BCUT2D eigenvalue weighted by Crippen LogP contribution is -2.08. The summed E-state index contributed by atoms with van der Waals surface area (Å²) in [5.74, 6) is 0. The van der Waals surface area contributed by atoms with E-state index in [2.05, 4.69) is 66.1 Å². The first-order valence-electron chi connectivity index (χ1n) is 16.2. The van der Waals surface area contributed by atoms with E-state index in [0.29, 0.717) is 12.8 Å². The summed E-state index contributed by atoms with van der Waals surface area (Å²) in [5, 5.41) is 28.7. The van der Waals surface area contributed by atoms with Gasteiger partial charge in [0.2, 0.25) is 12.6 Å². The number of hydrogen-bond acceptors (Lipinski definition) is 10. The number of rotatable bonds is 10. The molecular weight excluding hydrogens is 734 g/mol. The van der Waals surface area contributed by atoms with Crippen molar-refractivity contribution in [1.29, 1.82) is 10.5 Å². The van der Waals surface area contributed by atoms with Gasteiger partial charge in [-0.3, -0.25) is 19.0 Å². The number of fused-ring (bicyclic) bond motifs is 2. The molecule has 0 bridgehead atoms. The van der Waals surface area contributed by atoms with Crippen molar-refractivity contribution in [3.05, 3.63) is 62.0 Å². The molecule has 20 heteroatoms. The third-order valence-corrected chi connectivity index (χ3v) is 7.37. The number of hydrogen-bond donors (Lipinski definition) is 2. The highest BCUT2D eigenvalue weighted by molar-refractivity contribution is 5.90. The van der Waals surface area contributed by atoms with Crippen LogP contribution in [0.5, 0.6) is 0 Å². The summed E-state index contributed by atoms with van der Waals surface area (Å²) in [5.41, 5.74) is 5.24. The van der Waals surface area contributed by atoms with Crippen LogP contribution >= 0.6 is 0 Å². The molecule has 55 heavy (non-hydrogen) atoms. The van der Waals surface area contributed by atoms with Gasteiger partial charge in [0.05, 0.1) is 60.8 Å². The van der Waals surface area contributed by atoms with Crippen LogP contribution in [0.15, 0.2) is 62.0 Å². The summed E-state index contributed by atoms with van der Waals surface area (Å²) >= 11 is 0. The number of nitriles is 2. The number of carbonyl (C=O) groups is 2. The lowest BCUT2D eigenvalue weighted by Gasteiger charge is -2.12. The van der Waals surface area contributed by atoms with Gasteiger partial charge in [-0.05, 0) is 25.0 Å². The van der Waals surface area contributed by atoms with Crippen LogP contribution in [0.4, 0.5) is 26.3 Å². The molecule has 6 aromatic heterocycles. The van der Waals surface area contributed by atoms with Gasteiger partial charge in [0.25, 0.3) is 0 Å². The Morgan fingerprint density at radius 1 is 0.709 bits per heavy atom. The highest BCUT2D eigenvalue weighted by Crippen LogP contribution is 2.28. The molecule has 0 aromatic carbocycles. The molecular formula is C35H38F6N12O2.